The molecule has 3 aromatic rings. The van der Waals surface area contributed by atoms with E-state index in [-0.39, 0.29) is 11.8 Å². The maximum atomic E-state index is 13.7. The summed E-state index contributed by atoms with van der Waals surface area (Å²) in [5.74, 6) is 1.33. The molecule has 7 nitrogen and oxygen atoms in total. The number of carbonyl (C=O) groups is 2. The molecule has 164 valence electrons. The van der Waals surface area contributed by atoms with Crippen molar-refractivity contribution in [3.05, 3.63) is 83.4 Å². The van der Waals surface area contributed by atoms with E-state index >= 15 is 0 Å². The van der Waals surface area contributed by atoms with Crippen molar-refractivity contribution in [1.82, 2.24) is 25.0 Å². The summed E-state index contributed by atoms with van der Waals surface area (Å²) in [5.41, 5.74) is 1.28. The van der Waals surface area contributed by atoms with Crippen LogP contribution >= 0.6 is 0 Å². The first kappa shape index (κ1) is 20.4. The highest BCUT2D eigenvalue weighted by Crippen LogP contribution is 2.50. The molecular weight excluding hydrogens is 402 g/mol. The van der Waals surface area contributed by atoms with Gasteiger partial charge in [0.15, 0.2) is 5.82 Å². The Morgan fingerprint density at radius 3 is 2.31 bits per heavy atom. The molecule has 0 spiro atoms. The van der Waals surface area contributed by atoms with Crippen molar-refractivity contribution in [2.24, 2.45) is 0 Å². The smallest absolute Gasteiger partial charge is 0.254 e. The monoisotopic (exact) mass is 429 g/mol. The van der Waals surface area contributed by atoms with Crippen LogP contribution in [0, 0.1) is 6.92 Å². The predicted molar refractivity (Wildman–Crippen MR) is 120 cm³/mol. The first-order chi connectivity index (χ1) is 15.6. The number of benzene rings is 2. The molecule has 2 aromatic carbocycles. The van der Waals surface area contributed by atoms with E-state index < -0.39 is 11.5 Å². The fourth-order valence-electron chi connectivity index (χ4n) is 4.70. The van der Waals surface area contributed by atoms with Gasteiger partial charge in [0.05, 0.1) is 5.41 Å². The van der Waals surface area contributed by atoms with Crippen molar-refractivity contribution in [2.75, 3.05) is 19.6 Å². The minimum absolute atomic E-state index is 0.0588. The second-order valence-electron chi connectivity index (χ2n) is 8.71. The minimum Gasteiger partial charge on any atom is -0.339 e. The molecule has 2 fully saturated rings. The first-order valence-electron chi connectivity index (χ1n) is 11.2. The highest BCUT2D eigenvalue weighted by molar-refractivity contribution is 5.95. The molecule has 0 radical (unpaired) electrons. The van der Waals surface area contributed by atoms with E-state index in [9.17, 15) is 9.59 Å². The molecule has 1 saturated heterocycles. The number of aromatic nitrogens is 3. The third kappa shape index (κ3) is 3.68. The number of hydrogen-bond acceptors (Lipinski definition) is 4. The number of aromatic amines is 1. The number of aryl methyl sites for hydroxylation is 1. The van der Waals surface area contributed by atoms with Crippen LogP contribution in [-0.2, 0) is 10.2 Å². The zero-order chi connectivity index (χ0) is 22.1. The van der Waals surface area contributed by atoms with Gasteiger partial charge in [0.2, 0.25) is 5.91 Å². The van der Waals surface area contributed by atoms with Gasteiger partial charge in [0.1, 0.15) is 11.9 Å². The Bertz CT molecular complexity index is 1110. The van der Waals surface area contributed by atoms with Crippen molar-refractivity contribution in [1.29, 1.82) is 0 Å². The van der Waals surface area contributed by atoms with Crippen LogP contribution in [0.25, 0.3) is 0 Å². The summed E-state index contributed by atoms with van der Waals surface area (Å²) in [6.07, 6.45) is 2.45. The second-order valence-corrected chi connectivity index (χ2v) is 8.71. The fraction of sp³-hybridized carbons (Fsp3) is 0.360. The maximum absolute atomic E-state index is 13.7. The van der Waals surface area contributed by atoms with E-state index in [1.54, 1.807) is 0 Å². The third-order valence-corrected chi connectivity index (χ3v) is 6.56. The van der Waals surface area contributed by atoms with Gasteiger partial charge in [-0.2, -0.15) is 5.10 Å². The molecule has 2 aliphatic rings. The van der Waals surface area contributed by atoms with E-state index in [2.05, 4.69) is 15.2 Å². The van der Waals surface area contributed by atoms with E-state index in [1.165, 1.54) is 0 Å². The number of rotatable bonds is 4. The zero-order valence-electron chi connectivity index (χ0n) is 18.2. The molecular formula is C25H27N5O2. The fourth-order valence-corrected chi connectivity index (χ4v) is 4.70. The SMILES string of the molecule is Cc1nc(C2CN(C(=O)C3(c4ccccc4)CC3)CCCN2C(=O)c2ccccc2)n[nH]1. The van der Waals surface area contributed by atoms with E-state index in [0.717, 1.165) is 24.8 Å². The van der Waals surface area contributed by atoms with Crippen LogP contribution in [0.3, 0.4) is 0 Å². The van der Waals surface area contributed by atoms with Gasteiger partial charge in [0, 0.05) is 25.2 Å². The average molecular weight is 430 g/mol. The Morgan fingerprint density at radius 2 is 1.69 bits per heavy atom. The van der Waals surface area contributed by atoms with Crippen molar-refractivity contribution < 1.29 is 9.59 Å². The lowest BCUT2D eigenvalue weighted by atomic mass is 9.94. The lowest BCUT2D eigenvalue weighted by Gasteiger charge is -2.31. The molecule has 2 heterocycles. The highest BCUT2D eigenvalue weighted by Gasteiger charge is 2.53. The molecule has 32 heavy (non-hydrogen) atoms. The van der Waals surface area contributed by atoms with Gasteiger partial charge in [-0.05, 0) is 43.9 Å². The van der Waals surface area contributed by atoms with Crippen LogP contribution in [0.4, 0.5) is 0 Å². The van der Waals surface area contributed by atoms with E-state index in [4.69, 9.17) is 0 Å². The van der Waals surface area contributed by atoms with E-state index in [1.807, 2.05) is 77.4 Å². The summed E-state index contributed by atoms with van der Waals surface area (Å²) in [4.78, 5) is 35.4. The first-order valence-corrected chi connectivity index (χ1v) is 11.2. The van der Waals surface area contributed by atoms with Crippen molar-refractivity contribution in [3.63, 3.8) is 0 Å². The largest absolute Gasteiger partial charge is 0.339 e. The normalized spacial score (nSPS) is 20.0. The summed E-state index contributed by atoms with van der Waals surface area (Å²) >= 11 is 0. The zero-order valence-corrected chi connectivity index (χ0v) is 18.2. The average Bonchev–Trinajstić information content (AvgIpc) is 3.58. The molecule has 1 N–H and O–H groups in total. The Balaban J connectivity index is 1.46. The number of nitrogens with zero attached hydrogens (tertiary/aromatic N) is 4. The lowest BCUT2D eigenvalue weighted by molar-refractivity contribution is -0.134. The van der Waals surface area contributed by atoms with Crippen LogP contribution in [0.1, 0.15) is 52.9 Å². The van der Waals surface area contributed by atoms with Gasteiger partial charge in [0.25, 0.3) is 5.91 Å². The molecule has 0 bridgehead atoms. The van der Waals surface area contributed by atoms with Crippen molar-refractivity contribution in [3.8, 4) is 0 Å². The molecule has 1 unspecified atom stereocenters. The third-order valence-electron chi connectivity index (χ3n) is 6.56. The Morgan fingerprint density at radius 1 is 1.00 bits per heavy atom. The van der Waals surface area contributed by atoms with Crippen LogP contribution in [0.15, 0.2) is 60.7 Å². The van der Waals surface area contributed by atoms with Crippen LogP contribution in [0.5, 0.6) is 0 Å². The van der Waals surface area contributed by atoms with Crippen molar-refractivity contribution >= 4 is 11.8 Å². The molecule has 1 saturated carbocycles. The number of amides is 2. The van der Waals surface area contributed by atoms with Gasteiger partial charge in [-0.25, -0.2) is 4.98 Å². The summed E-state index contributed by atoms with van der Waals surface area (Å²) in [7, 11) is 0. The molecule has 2 amide bonds. The lowest BCUT2D eigenvalue weighted by Crippen LogP contribution is -2.44. The maximum Gasteiger partial charge on any atom is 0.254 e. The number of nitrogens with one attached hydrogen (secondary N) is 1. The van der Waals surface area contributed by atoms with Gasteiger partial charge in [-0.15, -0.1) is 0 Å². The molecule has 1 aromatic heterocycles. The van der Waals surface area contributed by atoms with Gasteiger partial charge in [-0.1, -0.05) is 48.5 Å². The van der Waals surface area contributed by atoms with E-state index in [0.29, 0.717) is 36.8 Å². The molecule has 1 aliphatic carbocycles. The molecule has 1 aliphatic heterocycles. The molecule has 7 heteroatoms. The van der Waals surface area contributed by atoms with Crippen LogP contribution in [-0.4, -0.2) is 56.4 Å². The van der Waals surface area contributed by atoms with Crippen LogP contribution in [0.2, 0.25) is 0 Å². The quantitative estimate of drug-likeness (QED) is 0.690. The summed E-state index contributed by atoms with van der Waals surface area (Å²) in [6.45, 7) is 3.40. The Kier molecular flexibility index (Phi) is 5.25. The van der Waals surface area contributed by atoms with Crippen LogP contribution < -0.4 is 0 Å². The van der Waals surface area contributed by atoms with Gasteiger partial charge < -0.3 is 9.80 Å². The van der Waals surface area contributed by atoms with Gasteiger partial charge >= 0.3 is 0 Å². The Hall–Kier alpha value is -3.48. The minimum atomic E-state index is -0.431. The number of H-pyrrole nitrogens is 1. The summed E-state index contributed by atoms with van der Waals surface area (Å²) in [6, 6.07) is 18.9. The molecule has 1 atom stereocenters. The van der Waals surface area contributed by atoms with Gasteiger partial charge in [-0.3, -0.25) is 14.7 Å². The standard InChI is InChI=1S/C25H27N5O2/c1-18-26-22(28-27-18)21-17-29(24(32)25(13-14-25)20-11-6-3-7-12-20)15-8-16-30(21)23(31)19-9-4-2-5-10-19/h2-7,9-12,21H,8,13-17H2,1H3,(H,26,27,28). The number of carbonyl (C=O) groups excluding carboxylic acids is 2. The predicted octanol–water partition coefficient (Wildman–Crippen LogP) is 3.26. The highest BCUT2D eigenvalue weighted by atomic mass is 16.2. The topological polar surface area (TPSA) is 82.2 Å². The Labute approximate surface area is 187 Å². The second kappa shape index (κ2) is 8.22. The number of hydrogen-bond donors (Lipinski definition) is 1. The molecule has 5 rings (SSSR count). The summed E-state index contributed by atoms with van der Waals surface area (Å²) in [5, 5.41) is 7.26. The van der Waals surface area contributed by atoms with Crippen molar-refractivity contribution in [2.45, 2.75) is 37.6 Å². The summed E-state index contributed by atoms with van der Waals surface area (Å²) < 4.78 is 0.